The van der Waals surface area contributed by atoms with E-state index in [1.165, 1.54) is 33.4 Å². The Morgan fingerprint density at radius 1 is 1.06 bits per heavy atom. The molecule has 0 amide bonds. The molecule has 0 saturated heterocycles. The monoisotopic (exact) mass is 451 g/mol. The molecular formula is C30H33N3O. The number of aliphatic hydroxyl groups excluding tert-OH is 1. The lowest BCUT2D eigenvalue weighted by Gasteiger charge is -2.43. The van der Waals surface area contributed by atoms with Gasteiger partial charge in [0.25, 0.3) is 0 Å². The summed E-state index contributed by atoms with van der Waals surface area (Å²) in [5, 5.41) is 22.1. The molecule has 2 aromatic carbocycles. The van der Waals surface area contributed by atoms with Crippen LogP contribution in [0.15, 0.2) is 60.7 Å². The molecule has 0 spiro atoms. The van der Waals surface area contributed by atoms with E-state index < -0.39 is 0 Å². The van der Waals surface area contributed by atoms with Crippen LogP contribution in [0.25, 0.3) is 16.6 Å². The highest BCUT2D eigenvalue weighted by molar-refractivity contribution is 5.88. The van der Waals surface area contributed by atoms with Gasteiger partial charge in [0, 0.05) is 35.8 Å². The minimum absolute atomic E-state index is 0.242. The summed E-state index contributed by atoms with van der Waals surface area (Å²) < 4.78 is 2.52. The van der Waals surface area contributed by atoms with Crippen LogP contribution in [0.5, 0.6) is 0 Å². The first-order valence-corrected chi connectivity index (χ1v) is 12.9. The van der Waals surface area contributed by atoms with Crippen LogP contribution in [0.3, 0.4) is 0 Å². The molecule has 4 nitrogen and oxygen atoms in total. The Kier molecular flexibility index (Phi) is 5.46. The number of aliphatic hydroxyl groups is 1. The topological polar surface area (TPSA) is 52.2 Å². The second kappa shape index (κ2) is 8.64. The van der Waals surface area contributed by atoms with E-state index in [2.05, 4.69) is 78.4 Å². The van der Waals surface area contributed by atoms with Gasteiger partial charge in [0.2, 0.25) is 0 Å². The number of nitriles is 1. The van der Waals surface area contributed by atoms with E-state index in [1.54, 1.807) is 0 Å². The van der Waals surface area contributed by atoms with Crippen molar-refractivity contribution in [1.82, 2.24) is 9.47 Å². The van der Waals surface area contributed by atoms with Crippen molar-refractivity contribution in [2.45, 2.75) is 51.0 Å². The molecule has 0 radical (unpaired) electrons. The molecule has 1 N–H and O–H groups in total. The summed E-state index contributed by atoms with van der Waals surface area (Å²) in [6.07, 6.45) is 11.7. The van der Waals surface area contributed by atoms with Gasteiger partial charge in [-0.2, -0.15) is 5.26 Å². The van der Waals surface area contributed by atoms with Crippen LogP contribution >= 0.6 is 0 Å². The van der Waals surface area contributed by atoms with Gasteiger partial charge >= 0.3 is 0 Å². The number of hydrogen-bond donors (Lipinski definition) is 1. The predicted octanol–water partition coefficient (Wildman–Crippen LogP) is 5.58. The average Bonchev–Trinajstić information content (AvgIpc) is 3.17. The summed E-state index contributed by atoms with van der Waals surface area (Å²) in [6, 6.07) is 17.6. The van der Waals surface area contributed by atoms with Gasteiger partial charge in [-0.15, -0.1) is 0 Å². The Labute approximate surface area is 202 Å². The van der Waals surface area contributed by atoms with Crippen LogP contribution in [0.2, 0.25) is 0 Å². The predicted molar refractivity (Wildman–Crippen MR) is 136 cm³/mol. The zero-order chi connectivity index (χ0) is 23.2. The zero-order valence-electron chi connectivity index (χ0n) is 19.9. The normalized spacial score (nSPS) is 29.7. The fourth-order valence-electron chi connectivity index (χ4n) is 7.00. The van der Waals surface area contributed by atoms with Crippen molar-refractivity contribution in [2.24, 2.45) is 17.8 Å². The first kappa shape index (κ1) is 21.5. The van der Waals surface area contributed by atoms with Crippen LogP contribution in [0, 0.1) is 29.2 Å². The maximum atomic E-state index is 10.8. The largest absolute Gasteiger partial charge is 0.393 e. The summed E-state index contributed by atoms with van der Waals surface area (Å²) in [5.74, 6) is 1.38. The second-order valence-corrected chi connectivity index (χ2v) is 10.5. The van der Waals surface area contributed by atoms with Crippen molar-refractivity contribution in [3.05, 3.63) is 77.5 Å². The highest BCUT2D eigenvalue weighted by atomic mass is 16.3. The molecule has 3 heterocycles. The lowest BCUT2D eigenvalue weighted by Crippen LogP contribution is -2.42. The average molecular weight is 452 g/mol. The Morgan fingerprint density at radius 3 is 2.76 bits per heavy atom. The fourth-order valence-corrected chi connectivity index (χ4v) is 7.00. The summed E-state index contributed by atoms with van der Waals surface area (Å²) in [7, 11) is 0. The van der Waals surface area contributed by atoms with Crippen molar-refractivity contribution in [3.63, 3.8) is 0 Å². The molecule has 2 aliphatic heterocycles. The fraction of sp³-hybridized carbons (Fsp3) is 0.433. The summed E-state index contributed by atoms with van der Waals surface area (Å²) in [4.78, 5) is 1.98. The van der Waals surface area contributed by atoms with Crippen molar-refractivity contribution in [1.29, 1.82) is 5.26 Å². The van der Waals surface area contributed by atoms with Gasteiger partial charge in [0.05, 0.1) is 11.6 Å². The molecule has 3 aliphatic rings. The number of aromatic nitrogens is 1. The van der Waals surface area contributed by atoms with Crippen LogP contribution in [-0.2, 0) is 12.8 Å². The van der Waals surface area contributed by atoms with Crippen LogP contribution in [-0.4, -0.2) is 33.8 Å². The van der Waals surface area contributed by atoms with E-state index in [0.717, 1.165) is 45.2 Å². The molecule has 174 valence electrons. The maximum absolute atomic E-state index is 10.8. The van der Waals surface area contributed by atoms with Crippen molar-refractivity contribution in [3.8, 4) is 11.9 Å². The second-order valence-electron chi connectivity index (χ2n) is 10.5. The van der Waals surface area contributed by atoms with Crippen LogP contribution in [0.1, 0.15) is 48.9 Å². The van der Waals surface area contributed by atoms with E-state index in [4.69, 9.17) is 0 Å². The highest BCUT2D eigenvalue weighted by Crippen LogP contribution is 2.46. The minimum Gasteiger partial charge on any atom is -0.393 e. The minimum atomic E-state index is -0.247. The van der Waals surface area contributed by atoms with Gasteiger partial charge in [0.15, 0.2) is 6.19 Å². The third-order valence-electron chi connectivity index (χ3n) is 8.79. The summed E-state index contributed by atoms with van der Waals surface area (Å²) in [6.45, 7) is 3.78. The van der Waals surface area contributed by atoms with Gasteiger partial charge in [-0.05, 0) is 73.1 Å². The number of fused-ring (bicyclic) bond motifs is 6. The number of nitrogens with zero attached hydrogens (tertiary/aromatic N) is 3. The van der Waals surface area contributed by atoms with Crippen LogP contribution < -0.4 is 0 Å². The molecule has 1 aromatic heterocycles. The number of hydrogen-bond acceptors (Lipinski definition) is 3. The van der Waals surface area contributed by atoms with E-state index in [0.29, 0.717) is 17.8 Å². The molecule has 4 heteroatoms. The summed E-state index contributed by atoms with van der Waals surface area (Å²) >= 11 is 0. The van der Waals surface area contributed by atoms with Gasteiger partial charge < -0.3 is 14.6 Å². The first-order valence-electron chi connectivity index (χ1n) is 12.9. The number of allylic oxidation sites excluding steroid dienone is 2. The van der Waals surface area contributed by atoms with E-state index in [1.807, 2.05) is 4.90 Å². The Balaban J connectivity index is 1.60. The molecule has 1 fully saturated rings. The van der Waals surface area contributed by atoms with Gasteiger partial charge in [0.1, 0.15) is 0 Å². The maximum Gasteiger partial charge on any atom is 0.179 e. The molecule has 3 aromatic rings. The quantitative estimate of drug-likeness (QED) is 0.359. The molecule has 5 atom stereocenters. The smallest absolute Gasteiger partial charge is 0.179 e. The first-order chi connectivity index (χ1) is 16.7. The van der Waals surface area contributed by atoms with Gasteiger partial charge in [-0.25, -0.2) is 0 Å². The Morgan fingerprint density at radius 2 is 1.88 bits per heavy atom. The molecule has 6 rings (SSSR count). The molecule has 34 heavy (non-hydrogen) atoms. The Hall–Kier alpha value is -3.03. The Bertz CT molecular complexity index is 1280. The lowest BCUT2D eigenvalue weighted by molar-refractivity contribution is -0.000444. The molecule has 1 unspecified atom stereocenters. The van der Waals surface area contributed by atoms with Crippen molar-refractivity contribution in [2.75, 3.05) is 13.1 Å². The number of rotatable bonds is 0. The third-order valence-corrected chi connectivity index (χ3v) is 8.79. The van der Waals surface area contributed by atoms with E-state index >= 15 is 0 Å². The highest BCUT2D eigenvalue weighted by Gasteiger charge is 2.40. The third kappa shape index (κ3) is 3.46. The van der Waals surface area contributed by atoms with E-state index in [-0.39, 0.29) is 12.0 Å². The van der Waals surface area contributed by atoms with Crippen molar-refractivity contribution < 1.29 is 5.11 Å². The molecular weight excluding hydrogens is 418 g/mol. The van der Waals surface area contributed by atoms with Crippen molar-refractivity contribution >= 4 is 10.9 Å². The number of benzene rings is 2. The zero-order valence-corrected chi connectivity index (χ0v) is 19.9. The molecule has 0 bridgehead atoms. The lowest BCUT2D eigenvalue weighted by atomic mass is 9.67. The van der Waals surface area contributed by atoms with Gasteiger partial charge in [-0.3, -0.25) is 0 Å². The molecule has 1 aliphatic carbocycles. The number of para-hydroxylation sites is 2. The van der Waals surface area contributed by atoms with E-state index in [9.17, 15) is 10.4 Å². The SMILES string of the molecule is C[C@@H]1[C@H]2CC3/C=C\Cc4ccccc4-n4c3c(c3ccccc34)CCN(C#N)C[C@@H]2CC[C@@H]1O. The van der Waals surface area contributed by atoms with Gasteiger partial charge in [-0.1, -0.05) is 55.5 Å². The molecule has 1 saturated carbocycles. The summed E-state index contributed by atoms with van der Waals surface area (Å²) in [5.41, 5.74) is 6.64. The van der Waals surface area contributed by atoms with Crippen LogP contribution in [0.4, 0.5) is 0 Å². The standard InChI is InChI=1S/C30H33N3O/c1-20-26-17-22-9-6-8-21-7-2-4-11-27(21)33-28-12-5-3-10-24(28)25(30(22)33)15-16-32(19-31)18-23(26)13-14-29(20)34/h2-7,9-12,20,22-23,26,29,34H,8,13-18H2,1H3/b9-6-/t20-,22?,23+,26-,29+/m1/s1.